The average molecular weight is 377 g/mol. The van der Waals surface area contributed by atoms with Gasteiger partial charge in [0.15, 0.2) is 11.6 Å². The van der Waals surface area contributed by atoms with Crippen LogP contribution in [-0.2, 0) is 18.9 Å². The number of fused-ring (bicyclic) bond motifs is 6. The van der Waals surface area contributed by atoms with Crippen LogP contribution in [0.4, 0.5) is 0 Å². The SMILES string of the molecule is C[C@]12CCC3(C[C@@H]1CC[C@@H]1[C@H]2CC[C@@]2(C)[C@@H]1CCC21OCCO1)OCCO3. The molecule has 0 radical (unpaired) electrons. The fourth-order valence-electron chi connectivity index (χ4n) is 8.84. The van der Waals surface area contributed by atoms with Gasteiger partial charge in [0.25, 0.3) is 0 Å². The first-order valence-electron chi connectivity index (χ1n) is 11.6. The summed E-state index contributed by atoms with van der Waals surface area (Å²) < 4.78 is 24.8. The van der Waals surface area contributed by atoms with Gasteiger partial charge in [-0.1, -0.05) is 13.8 Å². The largest absolute Gasteiger partial charge is 0.348 e. The lowest BCUT2D eigenvalue weighted by Gasteiger charge is -2.62. The van der Waals surface area contributed by atoms with E-state index in [0.29, 0.717) is 5.41 Å². The predicted octanol–water partition coefficient (Wildman–Crippen LogP) is 4.52. The number of rotatable bonds is 0. The maximum atomic E-state index is 6.29. The summed E-state index contributed by atoms with van der Waals surface area (Å²) in [7, 11) is 0. The number of ether oxygens (including phenoxy) is 4. The van der Waals surface area contributed by atoms with Gasteiger partial charge in [-0.2, -0.15) is 0 Å². The monoisotopic (exact) mass is 376 g/mol. The first-order valence-corrected chi connectivity index (χ1v) is 11.6. The highest BCUT2D eigenvalue weighted by molar-refractivity contribution is 5.13. The Morgan fingerprint density at radius 2 is 1.37 bits per heavy atom. The molecule has 6 aliphatic rings. The van der Waals surface area contributed by atoms with Crippen LogP contribution in [0, 0.1) is 34.5 Å². The van der Waals surface area contributed by atoms with Crippen LogP contribution in [-0.4, -0.2) is 38.0 Å². The summed E-state index contributed by atoms with van der Waals surface area (Å²) in [6, 6.07) is 0. The lowest BCUT2D eigenvalue weighted by atomic mass is 9.44. The molecule has 6 rings (SSSR count). The van der Waals surface area contributed by atoms with Crippen LogP contribution in [0.15, 0.2) is 0 Å². The van der Waals surface area contributed by atoms with Crippen molar-refractivity contribution in [2.45, 2.75) is 83.2 Å². The topological polar surface area (TPSA) is 36.9 Å². The van der Waals surface area contributed by atoms with Crippen molar-refractivity contribution >= 4 is 0 Å². The molecule has 6 atom stereocenters. The van der Waals surface area contributed by atoms with E-state index in [0.717, 1.165) is 69.4 Å². The van der Waals surface area contributed by atoms with E-state index in [9.17, 15) is 0 Å². The van der Waals surface area contributed by atoms with Crippen LogP contribution in [0.25, 0.3) is 0 Å². The molecule has 0 aromatic heterocycles. The normalized spacial score (nSPS) is 52.7. The molecule has 0 aromatic carbocycles. The Kier molecular flexibility index (Phi) is 3.74. The molecule has 4 aliphatic carbocycles. The Morgan fingerprint density at radius 3 is 2.15 bits per heavy atom. The summed E-state index contributed by atoms with van der Waals surface area (Å²) in [5.74, 6) is 2.78. The highest BCUT2D eigenvalue weighted by Crippen LogP contribution is 2.70. The van der Waals surface area contributed by atoms with Crippen LogP contribution in [0.1, 0.15) is 71.6 Å². The molecule has 2 aliphatic heterocycles. The first kappa shape index (κ1) is 17.7. The number of hydrogen-bond donors (Lipinski definition) is 0. The third kappa shape index (κ3) is 2.19. The number of hydrogen-bond acceptors (Lipinski definition) is 4. The van der Waals surface area contributed by atoms with Crippen molar-refractivity contribution in [3.63, 3.8) is 0 Å². The molecule has 2 heterocycles. The third-order valence-corrected chi connectivity index (χ3v) is 10.3. The summed E-state index contributed by atoms with van der Waals surface area (Å²) in [4.78, 5) is 0. The van der Waals surface area contributed by atoms with Gasteiger partial charge in [0.1, 0.15) is 0 Å². The zero-order chi connectivity index (χ0) is 18.3. The van der Waals surface area contributed by atoms with E-state index >= 15 is 0 Å². The quantitative estimate of drug-likeness (QED) is 0.623. The molecule has 0 N–H and O–H groups in total. The van der Waals surface area contributed by atoms with Gasteiger partial charge in [0.05, 0.1) is 26.4 Å². The van der Waals surface area contributed by atoms with Gasteiger partial charge < -0.3 is 18.9 Å². The zero-order valence-corrected chi connectivity index (χ0v) is 17.1. The second kappa shape index (κ2) is 5.71. The lowest BCUT2D eigenvalue weighted by molar-refractivity contribution is -0.257. The van der Waals surface area contributed by atoms with E-state index in [4.69, 9.17) is 18.9 Å². The van der Waals surface area contributed by atoms with Crippen molar-refractivity contribution in [2.75, 3.05) is 26.4 Å². The lowest BCUT2D eigenvalue weighted by Crippen LogP contribution is -2.58. The maximum absolute atomic E-state index is 6.29. The van der Waals surface area contributed by atoms with Crippen molar-refractivity contribution in [1.29, 1.82) is 0 Å². The van der Waals surface area contributed by atoms with E-state index < -0.39 is 0 Å². The van der Waals surface area contributed by atoms with Gasteiger partial charge >= 0.3 is 0 Å². The van der Waals surface area contributed by atoms with Gasteiger partial charge in [0, 0.05) is 24.7 Å². The van der Waals surface area contributed by atoms with Crippen LogP contribution < -0.4 is 0 Å². The van der Waals surface area contributed by atoms with E-state index in [-0.39, 0.29) is 17.0 Å². The predicted molar refractivity (Wildman–Crippen MR) is 101 cm³/mol. The second-order valence-electron chi connectivity index (χ2n) is 10.9. The molecular formula is C23H36O4. The molecule has 4 saturated carbocycles. The molecule has 152 valence electrons. The third-order valence-electron chi connectivity index (χ3n) is 10.3. The Hall–Kier alpha value is -0.160. The minimum absolute atomic E-state index is 0.224. The molecule has 4 nitrogen and oxygen atoms in total. The minimum Gasteiger partial charge on any atom is -0.348 e. The van der Waals surface area contributed by atoms with Crippen LogP contribution in [0.3, 0.4) is 0 Å². The van der Waals surface area contributed by atoms with E-state index in [1.165, 1.54) is 38.5 Å². The molecule has 27 heavy (non-hydrogen) atoms. The van der Waals surface area contributed by atoms with Gasteiger partial charge in [-0.3, -0.25) is 0 Å². The van der Waals surface area contributed by atoms with Crippen molar-refractivity contribution in [3.8, 4) is 0 Å². The van der Waals surface area contributed by atoms with Gasteiger partial charge in [-0.05, 0) is 67.6 Å². The fourth-order valence-corrected chi connectivity index (χ4v) is 8.84. The maximum Gasteiger partial charge on any atom is 0.174 e. The summed E-state index contributed by atoms with van der Waals surface area (Å²) in [6.07, 6.45) is 11.3. The molecule has 0 bridgehead atoms. The highest BCUT2D eigenvalue weighted by atomic mass is 16.7. The Labute approximate surface area is 163 Å². The summed E-state index contributed by atoms with van der Waals surface area (Å²) in [5, 5.41) is 0. The molecular weight excluding hydrogens is 340 g/mol. The van der Waals surface area contributed by atoms with Crippen LogP contribution in [0.5, 0.6) is 0 Å². The van der Waals surface area contributed by atoms with Crippen molar-refractivity contribution in [2.24, 2.45) is 34.5 Å². The van der Waals surface area contributed by atoms with Gasteiger partial charge in [-0.25, -0.2) is 0 Å². The summed E-state index contributed by atoms with van der Waals surface area (Å²) >= 11 is 0. The average Bonchev–Trinajstić information content (AvgIpc) is 3.38. The Bertz CT molecular complexity index is 607. The van der Waals surface area contributed by atoms with Crippen LogP contribution in [0.2, 0.25) is 0 Å². The van der Waals surface area contributed by atoms with E-state index in [1.807, 2.05) is 0 Å². The fraction of sp³-hybridized carbons (Fsp3) is 1.00. The molecule has 0 unspecified atom stereocenters. The first-order chi connectivity index (χ1) is 13.0. The molecule has 0 amide bonds. The van der Waals surface area contributed by atoms with E-state index in [1.54, 1.807) is 0 Å². The minimum atomic E-state index is -0.261. The van der Waals surface area contributed by atoms with Crippen LogP contribution >= 0.6 is 0 Å². The van der Waals surface area contributed by atoms with Gasteiger partial charge in [0.2, 0.25) is 0 Å². The summed E-state index contributed by atoms with van der Waals surface area (Å²) in [6.45, 7) is 8.27. The van der Waals surface area contributed by atoms with E-state index in [2.05, 4.69) is 13.8 Å². The molecule has 2 saturated heterocycles. The molecule has 4 heteroatoms. The molecule has 2 spiro atoms. The molecule has 0 aromatic rings. The van der Waals surface area contributed by atoms with Crippen molar-refractivity contribution in [3.05, 3.63) is 0 Å². The second-order valence-corrected chi connectivity index (χ2v) is 10.9. The zero-order valence-electron chi connectivity index (χ0n) is 17.1. The Morgan fingerprint density at radius 1 is 0.667 bits per heavy atom. The molecule has 6 fully saturated rings. The highest BCUT2D eigenvalue weighted by Gasteiger charge is 2.67. The standard InChI is InChI=1S/C23H36O4/c1-20-9-10-22(24-11-12-25-22)15-16(20)3-4-17-18(20)5-7-21(2)19(17)6-8-23(21)26-13-14-27-23/h16-19H,3-15H2,1-2H3/t16-,17+,18+,19+,20-,21-/m0/s1. The van der Waals surface area contributed by atoms with Crippen molar-refractivity contribution < 1.29 is 18.9 Å². The van der Waals surface area contributed by atoms with Crippen molar-refractivity contribution in [1.82, 2.24) is 0 Å². The van der Waals surface area contributed by atoms with Gasteiger partial charge in [-0.15, -0.1) is 0 Å². The summed E-state index contributed by atoms with van der Waals surface area (Å²) in [5.41, 5.74) is 0.694. The smallest absolute Gasteiger partial charge is 0.174 e. The Balaban J connectivity index is 1.28.